The van der Waals surface area contributed by atoms with E-state index in [4.69, 9.17) is 5.26 Å². The molecule has 0 aromatic heterocycles. The summed E-state index contributed by atoms with van der Waals surface area (Å²) in [6, 6.07) is 4.68. The molecule has 0 saturated heterocycles. The van der Waals surface area contributed by atoms with Crippen LogP contribution < -0.4 is 0 Å². The zero-order valence-electron chi connectivity index (χ0n) is 9.99. The third kappa shape index (κ3) is 4.14. The zero-order valence-corrected chi connectivity index (χ0v) is 9.99. The number of nitrogens with zero attached hydrogens (tertiary/aromatic N) is 1. The van der Waals surface area contributed by atoms with Gasteiger partial charge in [0.2, 0.25) is 0 Å². The fraction of sp³-hybridized carbons (Fsp3) is 0.231. The molecule has 0 atom stereocenters. The molecule has 1 aromatic rings. The highest BCUT2D eigenvalue weighted by Gasteiger charge is 2.33. The van der Waals surface area contributed by atoms with Crippen molar-refractivity contribution in [2.45, 2.75) is 13.1 Å². The van der Waals surface area contributed by atoms with E-state index in [-0.39, 0.29) is 12.2 Å². The lowest BCUT2D eigenvalue weighted by Gasteiger charge is -2.09. The van der Waals surface area contributed by atoms with Crippen molar-refractivity contribution in [1.29, 1.82) is 5.26 Å². The molecule has 0 fully saturated rings. The minimum absolute atomic E-state index is 0.166. The van der Waals surface area contributed by atoms with Crippen molar-refractivity contribution in [3.8, 4) is 6.07 Å². The zero-order chi connectivity index (χ0) is 14.5. The van der Waals surface area contributed by atoms with E-state index < -0.39 is 23.3 Å². The molecule has 0 heterocycles. The second-order valence-corrected chi connectivity index (χ2v) is 3.50. The number of ether oxygens (including phenoxy) is 1. The summed E-state index contributed by atoms with van der Waals surface area (Å²) in [6.45, 7) is 1.81. The van der Waals surface area contributed by atoms with Crippen LogP contribution in [-0.4, -0.2) is 12.6 Å². The summed E-state index contributed by atoms with van der Waals surface area (Å²) < 4.78 is 42.6. The molecule has 0 aliphatic heterocycles. The molecule has 100 valence electrons. The molecule has 1 aromatic carbocycles. The van der Waals surface area contributed by atoms with E-state index in [1.807, 2.05) is 0 Å². The van der Waals surface area contributed by atoms with Crippen LogP contribution >= 0.6 is 0 Å². The van der Waals surface area contributed by atoms with Gasteiger partial charge in [-0.2, -0.15) is 18.4 Å². The highest BCUT2D eigenvalue weighted by Crippen LogP contribution is 2.32. The monoisotopic (exact) mass is 269 g/mol. The van der Waals surface area contributed by atoms with Crippen LogP contribution in [0.15, 0.2) is 24.3 Å². The van der Waals surface area contributed by atoms with Crippen LogP contribution in [0.4, 0.5) is 13.2 Å². The van der Waals surface area contributed by atoms with E-state index in [2.05, 4.69) is 4.74 Å². The van der Waals surface area contributed by atoms with Crippen molar-refractivity contribution in [3.63, 3.8) is 0 Å². The lowest BCUT2D eigenvalue weighted by Crippen LogP contribution is -2.08. The molecule has 0 amide bonds. The molecule has 0 aliphatic carbocycles. The first-order valence-corrected chi connectivity index (χ1v) is 5.34. The first-order chi connectivity index (χ1) is 8.88. The fourth-order valence-electron chi connectivity index (χ4n) is 1.35. The van der Waals surface area contributed by atoms with Gasteiger partial charge in [-0.25, -0.2) is 4.79 Å². The topological polar surface area (TPSA) is 50.1 Å². The average molecular weight is 269 g/mol. The third-order valence-electron chi connectivity index (χ3n) is 2.17. The van der Waals surface area contributed by atoms with Gasteiger partial charge in [-0.05, 0) is 30.7 Å². The van der Waals surface area contributed by atoms with Crippen molar-refractivity contribution in [2.75, 3.05) is 6.61 Å². The minimum atomic E-state index is -4.61. The number of carbonyl (C=O) groups excluding carboxylic acids is 1. The van der Waals surface area contributed by atoms with Gasteiger partial charge < -0.3 is 4.74 Å². The van der Waals surface area contributed by atoms with Crippen LogP contribution in [0.2, 0.25) is 0 Å². The van der Waals surface area contributed by atoms with E-state index in [1.54, 1.807) is 6.92 Å². The van der Waals surface area contributed by atoms with Crippen LogP contribution in [-0.2, 0) is 15.7 Å². The number of carbonyl (C=O) groups is 1. The summed E-state index contributed by atoms with van der Waals surface area (Å²) in [5.74, 6) is -0.639. The lowest BCUT2D eigenvalue weighted by atomic mass is 10.0. The quantitative estimate of drug-likeness (QED) is 0.625. The number of nitriles is 1. The Kier molecular flexibility index (Phi) is 4.70. The number of rotatable bonds is 3. The number of hydrogen-bond donors (Lipinski definition) is 0. The Morgan fingerprint density at radius 1 is 1.47 bits per heavy atom. The van der Waals surface area contributed by atoms with Crippen molar-refractivity contribution in [3.05, 3.63) is 41.0 Å². The van der Waals surface area contributed by atoms with E-state index in [0.29, 0.717) is 0 Å². The second kappa shape index (κ2) is 6.05. The van der Waals surface area contributed by atoms with Gasteiger partial charge in [0.25, 0.3) is 0 Å². The highest BCUT2D eigenvalue weighted by atomic mass is 19.4. The van der Waals surface area contributed by atoms with Gasteiger partial charge in [0.1, 0.15) is 0 Å². The summed E-state index contributed by atoms with van der Waals surface area (Å²) >= 11 is 0. The number of esters is 1. The maximum Gasteiger partial charge on any atom is 0.417 e. The SMILES string of the molecule is CCOC(=O)C=Cc1ccc(C#N)c(C(F)(F)F)c1. The standard InChI is InChI=1S/C13H10F3NO2/c1-2-19-12(18)6-4-9-3-5-10(8-17)11(7-9)13(14,15)16/h3-7H,2H2,1H3. The Hall–Kier alpha value is -2.29. The van der Waals surface area contributed by atoms with Gasteiger partial charge in [0.05, 0.1) is 23.8 Å². The predicted octanol–water partition coefficient (Wildman–Crippen LogP) is 3.15. The Morgan fingerprint density at radius 2 is 2.16 bits per heavy atom. The van der Waals surface area contributed by atoms with Gasteiger partial charge >= 0.3 is 12.1 Å². The molecule has 1 rings (SSSR count). The number of alkyl halides is 3. The molecule has 0 aliphatic rings. The second-order valence-electron chi connectivity index (χ2n) is 3.50. The first kappa shape index (κ1) is 14.8. The fourth-order valence-corrected chi connectivity index (χ4v) is 1.35. The average Bonchev–Trinajstić information content (AvgIpc) is 2.35. The predicted molar refractivity (Wildman–Crippen MR) is 61.8 cm³/mol. The molecule has 0 saturated carbocycles. The Bertz CT molecular complexity index is 542. The van der Waals surface area contributed by atoms with Gasteiger partial charge in [-0.1, -0.05) is 6.07 Å². The van der Waals surface area contributed by atoms with Crippen LogP contribution in [0.25, 0.3) is 6.08 Å². The van der Waals surface area contributed by atoms with Crippen LogP contribution in [0.3, 0.4) is 0 Å². The highest BCUT2D eigenvalue weighted by molar-refractivity contribution is 5.87. The number of benzene rings is 1. The number of halogens is 3. The van der Waals surface area contributed by atoms with Crippen molar-refractivity contribution in [1.82, 2.24) is 0 Å². The molecular formula is C13H10F3NO2. The Morgan fingerprint density at radius 3 is 2.68 bits per heavy atom. The van der Waals surface area contributed by atoms with E-state index in [0.717, 1.165) is 18.2 Å². The summed E-state index contributed by atoms with van der Waals surface area (Å²) in [4.78, 5) is 11.0. The Balaban J connectivity index is 3.07. The summed E-state index contributed by atoms with van der Waals surface area (Å²) in [5.41, 5.74) is -1.32. The van der Waals surface area contributed by atoms with Crippen LogP contribution in [0, 0.1) is 11.3 Å². The van der Waals surface area contributed by atoms with Crippen molar-refractivity contribution >= 4 is 12.0 Å². The van der Waals surface area contributed by atoms with Gasteiger partial charge in [-0.15, -0.1) is 0 Å². The molecule has 0 N–H and O–H groups in total. The molecule has 0 unspecified atom stereocenters. The maximum absolute atomic E-state index is 12.7. The normalized spacial score (nSPS) is 11.3. The number of hydrogen-bond acceptors (Lipinski definition) is 3. The van der Waals surface area contributed by atoms with Crippen molar-refractivity contribution < 1.29 is 22.7 Å². The van der Waals surface area contributed by atoms with Gasteiger partial charge in [0, 0.05) is 6.08 Å². The molecule has 6 heteroatoms. The molecule has 0 bridgehead atoms. The molecule has 0 spiro atoms. The Labute approximate surface area is 107 Å². The van der Waals surface area contributed by atoms with Gasteiger partial charge in [0.15, 0.2) is 0 Å². The van der Waals surface area contributed by atoms with E-state index in [1.165, 1.54) is 18.2 Å². The lowest BCUT2D eigenvalue weighted by molar-refractivity contribution is -0.138. The summed E-state index contributed by atoms with van der Waals surface area (Å²) in [7, 11) is 0. The molecular weight excluding hydrogens is 259 g/mol. The first-order valence-electron chi connectivity index (χ1n) is 5.34. The van der Waals surface area contributed by atoms with Gasteiger partial charge in [-0.3, -0.25) is 0 Å². The smallest absolute Gasteiger partial charge is 0.417 e. The van der Waals surface area contributed by atoms with Crippen LogP contribution in [0.5, 0.6) is 0 Å². The maximum atomic E-state index is 12.7. The third-order valence-corrected chi connectivity index (χ3v) is 2.17. The van der Waals surface area contributed by atoms with Crippen LogP contribution in [0.1, 0.15) is 23.6 Å². The summed E-state index contributed by atoms with van der Waals surface area (Å²) in [5, 5.41) is 8.62. The largest absolute Gasteiger partial charge is 0.463 e. The summed E-state index contributed by atoms with van der Waals surface area (Å²) in [6.07, 6.45) is -2.38. The minimum Gasteiger partial charge on any atom is -0.463 e. The van der Waals surface area contributed by atoms with Crippen molar-refractivity contribution in [2.24, 2.45) is 0 Å². The van der Waals surface area contributed by atoms with E-state index >= 15 is 0 Å². The molecule has 19 heavy (non-hydrogen) atoms. The molecule has 3 nitrogen and oxygen atoms in total. The van der Waals surface area contributed by atoms with E-state index in [9.17, 15) is 18.0 Å². The molecule has 0 radical (unpaired) electrons.